The highest BCUT2D eigenvalue weighted by Gasteiger charge is 2.35. The number of nitrogens with zero attached hydrogens (tertiary/aromatic N) is 4. The minimum Gasteiger partial charge on any atom is -0.273 e. The van der Waals surface area contributed by atoms with E-state index in [1.54, 1.807) is 30.3 Å². The van der Waals surface area contributed by atoms with Gasteiger partial charge in [0.05, 0.1) is 22.0 Å². The van der Waals surface area contributed by atoms with Crippen LogP contribution in [0.4, 0.5) is 18.9 Å². The van der Waals surface area contributed by atoms with Crippen LogP contribution in [-0.2, 0) is 21.0 Å². The second-order valence-corrected chi connectivity index (χ2v) is 9.32. The van der Waals surface area contributed by atoms with Crippen molar-refractivity contribution in [2.24, 2.45) is 4.40 Å². The van der Waals surface area contributed by atoms with Crippen LogP contribution in [0.25, 0.3) is 5.69 Å². The number of aromatic nitrogens is 2. The van der Waals surface area contributed by atoms with Crippen LogP contribution >= 0.6 is 11.8 Å². The number of amides is 1. The van der Waals surface area contributed by atoms with E-state index in [2.05, 4.69) is 9.50 Å². The van der Waals surface area contributed by atoms with Crippen LogP contribution in [0.1, 0.15) is 11.4 Å². The molecular weight excluding hydrogens is 465 g/mol. The molecule has 1 saturated heterocycles. The molecule has 1 aliphatic heterocycles. The minimum atomic E-state index is -4.59. The molecule has 1 aromatic heterocycles. The Balaban J connectivity index is 1.64. The van der Waals surface area contributed by atoms with Crippen LogP contribution in [0.5, 0.6) is 0 Å². The molecule has 2 heterocycles. The Kier molecular flexibility index (Phi) is 5.59. The first kappa shape index (κ1) is 22.1. The fourth-order valence-corrected chi connectivity index (χ4v) is 5.15. The molecule has 0 bridgehead atoms. The smallest absolute Gasteiger partial charge is 0.273 e. The maximum Gasteiger partial charge on any atom is 0.435 e. The van der Waals surface area contributed by atoms with Gasteiger partial charge < -0.3 is 0 Å². The van der Waals surface area contributed by atoms with Gasteiger partial charge in [0.2, 0.25) is 5.91 Å². The Morgan fingerprint density at radius 3 is 2.28 bits per heavy atom. The predicted octanol–water partition coefficient (Wildman–Crippen LogP) is 4.02. The number of sulfonamides is 1. The topological polar surface area (TPSA) is 84.6 Å². The summed E-state index contributed by atoms with van der Waals surface area (Å²) in [5.41, 5.74) is -0.0306. The van der Waals surface area contributed by atoms with Crippen molar-refractivity contribution in [1.82, 2.24) is 9.78 Å². The third kappa shape index (κ3) is 4.28. The number of halogens is 3. The molecule has 0 unspecified atom stereocenters. The number of thioether (sulfide) groups is 1. The fourth-order valence-electron chi connectivity index (χ4n) is 3.05. The highest BCUT2D eigenvalue weighted by Crippen LogP contribution is 2.30. The molecule has 1 fully saturated rings. The molecule has 12 heteroatoms. The predicted molar refractivity (Wildman–Crippen MR) is 114 cm³/mol. The van der Waals surface area contributed by atoms with Crippen LogP contribution in [0.3, 0.4) is 0 Å². The molecule has 3 aromatic rings. The number of aryl methyl sites for hydroxylation is 1. The van der Waals surface area contributed by atoms with Gasteiger partial charge in [-0.1, -0.05) is 30.0 Å². The summed E-state index contributed by atoms with van der Waals surface area (Å²) < 4.78 is 69.2. The molecule has 1 aliphatic rings. The summed E-state index contributed by atoms with van der Waals surface area (Å²) in [7, 11) is -4.17. The summed E-state index contributed by atoms with van der Waals surface area (Å²) in [5.74, 6) is -0.234. The van der Waals surface area contributed by atoms with E-state index in [-0.39, 0.29) is 33.1 Å². The number of hydrogen-bond acceptors (Lipinski definition) is 5. The Hall–Kier alpha value is -3.12. The highest BCUT2D eigenvalue weighted by molar-refractivity contribution is 8.16. The van der Waals surface area contributed by atoms with Crippen LogP contribution in [0, 0.1) is 6.92 Å². The zero-order valence-electron chi connectivity index (χ0n) is 16.4. The average Bonchev–Trinajstić information content (AvgIpc) is 3.31. The summed E-state index contributed by atoms with van der Waals surface area (Å²) >= 11 is 1.01. The summed E-state index contributed by atoms with van der Waals surface area (Å²) in [6, 6.07) is 14.6. The molecule has 166 valence electrons. The van der Waals surface area contributed by atoms with Crippen molar-refractivity contribution in [3.63, 3.8) is 0 Å². The van der Waals surface area contributed by atoms with Crippen molar-refractivity contribution in [3.8, 4) is 5.69 Å². The number of hydrogen-bond donors (Lipinski definition) is 0. The Bertz CT molecular complexity index is 1300. The summed E-state index contributed by atoms with van der Waals surface area (Å²) in [4.78, 5) is 13.3. The second kappa shape index (κ2) is 8.10. The first-order valence-corrected chi connectivity index (χ1v) is 11.6. The van der Waals surface area contributed by atoms with E-state index in [0.717, 1.165) is 22.5 Å². The number of carbonyl (C=O) groups is 1. The SMILES string of the molecule is Cc1cc(C(F)(F)F)nn1-c1ccc(S(=O)(=O)/N=C2\SCC(=O)N2c2ccccc2)cc1. The van der Waals surface area contributed by atoms with Crippen LogP contribution in [-0.4, -0.2) is 35.0 Å². The van der Waals surface area contributed by atoms with Crippen molar-refractivity contribution >= 4 is 38.5 Å². The molecule has 32 heavy (non-hydrogen) atoms. The molecule has 1 amide bonds. The normalized spacial score (nSPS) is 16.2. The fraction of sp³-hybridized carbons (Fsp3) is 0.150. The van der Waals surface area contributed by atoms with E-state index >= 15 is 0 Å². The minimum absolute atomic E-state index is 0.0306. The summed E-state index contributed by atoms with van der Waals surface area (Å²) in [6.45, 7) is 1.46. The first-order valence-electron chi connectivity index (χ1n) is 9.16. The van der Waals surface area contributed by atoms with Crippen molar-refractivity contribution in [2.75, 3.05) is 10.7 Å². The number of para-hydroxylation sites is 1. The molecule has 4 rings (SSSR count). The number of amidine groups is 1. The quantitative estimate of drug-likeness (QED) is 0.563. The van der Waals surface area contributed by atoms with Gasteiger partial charge in [-0.2, -0.15) is 26.7 Å². The van der Waals surface area contributed by atoms with E-state index in [1.807, 2.05) is 0 Å². The van der Waals surface area contributed by atoms with Crippen molar-refractivity contribution in [3.05, 3.63) is 72.1 Å². The lowest BCUT2D eigenvalue weighted by molar-refractivity contribution is -0.141. The van der Waals surface area contributed by atoms with Gasteiger partial charge in [0.25, 0.3) is 10.0 Å². The van der Waals surface area contributed by atoms with Crippen LogP contribution in [0.15, 0.2) is 70.0 Å². The van der Waals surface area contributed by atoms with Gasteiger partial charge in [0.1, 0.15) is 0 Å². The van der Waals surface area contributed by atoms with Crippen molar-refractivity contribution < 1.29 is 26.4 Å². The highest BCUT2D eigenvalue weighted by atomic mass is 32.2. The third-order valence-electron chi connectivity index (χ3n) is 4.54. The maximum atomic E-state index is 12.9. The van der Waals surface area contributed by atoms with Gasteiger partial charge in [0, 0.05) is 5.69 Å². The van der Waals surface area contributed by atoms with Gasteiger partial charge in [-0.15, -0.1) is 4.40 Å². The number of rotatable bonds is 4. The van der Waals surface area contributed by atoms with Crippen LogP contribution in [0.2, 0.25) is 0 Å². The van der Waals surface area contributed by atoms with Gasteiger partial charge in [-0.3, -0.25) is 9.69 Å². The van der Waals surface area contributed by atoms with E-state index < -0.39 is 21.9 Å². The maximum absolute atomic E-state index is 12.9. The zero-order valence-corrected chi connectivity index (χ0v) is 18.1. The number of benzene rings is 2. The lowest BCUT2D eigenvalue weighted by Gasteiger charge is -2.15. The van der Waals surface area contributed by atoms with Gasteiger partial charge in [0.15, 0.2) is 10.9 Å². The van der Waals surface area contributed by atoms with Crippen molar-refractivity contribution in [1.29, 1.82) is 0 Å². The van der Waals surface area contributed by atoms with Gasteiger partial charge >= 0.3 is 6.18 Å². The number of carbonyl (C=O) groups excluding carboxylic acids is 1. The van der Waals surface area contributed by atoms with Gasteiger partial charge in [-0.25, -0.2) is 4.68 Å². The van der Waals surface area contributed by atoms with E-state index in [9.17, 15) is 26.4 Å². The largest absolute Gasteiger partial charge is 0.435 e. The lowest BCUT2D eigenvalue weighted by atomic mass is 10.3. The van der Waals surface area contributed by atoms with E-state index in [0.29, 0.717) is 5.69 Å². The summed E-state index contributed by atoms with van der Waals surface area (Å²) in [5, 5.41) is 3.58. The molecule has 0 radical (unpaired) electrons. The second-order valence-electron chi connectivity index (χ2n) is 6.78. The Morgan fingerprint density at radius 1 is 1.03 bits per heavy atom. The standard InChI is InChI=1S/C20H15F3N4O3S2/c1-13-11-17(20(21,22)23)24-27(13)15-7-9-16(10-8-15)32(29,30)25-19-26(18(28)12-31-19)14-5-3-2-4-6-14/h2-11H,12H2,1H3/b25-19-. The average molecular weight is 480 g/mol. The first-order chi connectivity index (χ1) is 15.1. The molecule has 2 aromatic carbocycles. The Morgan fingerprint density at radius 2 is 1.69 bits per heavy atom. The van der Waals surface area contributed by atoms with E-state index in [1.165, 1.54) is 36.1 Å². The third-order valence-corrected chi connectivity index (χ3v) is 6.86. The van der Waals surface area contributed by atoms with Gasteiger partial charge in [-0.05, 0) is 49.4 Å². The monoisotopic (exact) mass is 480 g/mol. The molecule has 0 spiro atoms. The van der Waals surface area contributed by atoms with E-state index in [4.69, 9.17) is 0 Å². The molecule has 0 saturated carbocycles. The lowest BCUT2D eigenvalue weighted by Crippen LogP contribution is -2.29. The van der Waals surface area contributed by atoms with Crippen molar-refractivity contribution in [2.45, 2.75) is 18.0 Å². The molecule has 0 aliphatic carbocycles. The molecule has 0 N–H and O–H groups in total. The molecule has 0 atom stereocenters. The Labute approximate surface area is 185 Å². The number of anilines is 1. The molecular formula is C20H15F3N4O3S2. The molecule has 7 nitrogen and oxygen atoms in total. The zero-order chi connectivity index (χ0) is 23.1. The number of alkyl halides is 3. The summed E-state index contributed by atoms with van der Waals surface area (Å²) in [6.07, 6.45) is -4.59. The van der Waals surface area contributed by atoms with Crippen LogP contribution < -0.4 is 4.90 Å².